The van der Waals surface area contributed by atoms with E-state index in [4.69, 9.17) is 16.3 Å². The molecule has 2 atom stereocenters. The van der Waals surface area contributed by atoms with Gasteiger partial charge in [-0.2, -0.15) is 0 Å². The van der Waals surface area contributed by atoms with Gasteiger partial charge in [0.2, 0.25) is 5.91 Å². The summed E-state index contributed by atoms with van der Waals surface area (Å²) in [6, 6.07) is -1.00. The minimum atomic E-state index is -1.11. The van der Waals surface area contributed by atoms with Gasteiger partial charge >= 0.3 is 5.97 Å². The van der Waals surface area contributed by atoms with Crippen LogP contribution in [0, 0.1) is 18.3 Å². The smallest absolute Gasteiger partial charge is 0.327 e. The Morgan fingerprint density at radius 1 is 1.62 bits per heavy atom. The number of aliphatic carboxylic acids is 1. The van der Waals surface area contributed by atoms with Gasteiger partial charge in [0.1, 0.15) is 6.04 Å². The molecule has 2 N–H and O–H groups in total. The van der Waals surface area contributed by atoms with Crippen molar-refractivity contribution in [3.05, 3.63) is 0 Å². The van der Waals surface area contributed by atoms with Crippen molar-refractivity contribution >= 4 is 11.9 Å². The van der Waals surface area contributed by atoms with Gasteiger partial charge < -0.3 is 15.2 Å². The zero-order valence-corrected chi connectivity index (χ0v) is 8.94. The van der Waals surface area contributed by atoms with Crippen molar-refractivity contribution in [2.24, 2.45) is 5.92 Å². The SMILES string of the molecule is C#CCC(NC(=O)C1CCCOC1)C(=O)O. The second-order valence-corrected chi connectivity index (χ2v) is 3.72. The lowest BCUT2D eigenvalue weighted by Gasteiger charge is -2.22. The van der Waals surface area contributed by atoms with Gasteiger partial charge in [0, 0.05) is 13.0 Å². The molecule has 0 aromatic carbocycles. The van der Waals surface area contributed by atoms with Crippen molar-refractivity contribution in [1.29, 1.82) is 0 Å². The number of carbonyl (C=O) groups is 2. The Hall–Kier alpha value is -1.54. The molecule has 0 saturated carbocycles. The first-order valence-electron chi connectivity index (χ1n) is 5.19. The molecular weight excluding hydrogens is 210 g/mol. The molecule has 0 aliphatic carbocycles. The standard InChI is InChI=1S/C11H15NO4/c1-2-4-9(11(14)15)12-10(13)8-5-3-6-16-7-8/h1,8-9H,3-7H2,(H,12,13)(H,14,15). The molecule has 1 rings (SSSR count). The maximum atomic E-state index is 11.7. The summed E-state index contributed by atoms with van der Waals surface area (Å²) in [6.07, 6.45) is 6.58. The highest BCUT2D eigenvalue weighted by Gasteiger charge is 2.26. The second-order valence-electron chi connectivity index (χ2n) is 3.72. The fraction of sp³-hybridized carbons (Fsp3) is 0.636. The van der Waals surface area contributed by atoms with Gasteiger partial charge in [0.25, 0.3) is 0 Å². The van der Waals surface area contributed by atoms with Gasteiger partial charge in [0.15, 0.2) is 0 Å². The largest absolute Gasteiger partial charge is 0.480 e. The summed E-state index contributed by atoms with van der Waals surface area (Å²) < 4.78 is 5.16. The topological polar surface area (TPSA) is 75.6 Å². The summed E-state index contributed by atoms with van der Waals surface area (Å²) in [4.78, 5) is 22.4. The monoisotopic (exact) mass is 225 g/mol. The summed E-state index contributed by atoms with van der Waals surface area (Å²) >= 11 is 0. The minimum Gasteiger partial charge on any atom is -0.480 e. The predicted molar refractivity (Wildman–Crippen MR) is 56.6 cm³/mol. The third kappa shape index (κ3) is 3.55. The maximum Gasteiger partial charge on any atom is 0.327 e. The van der Waals surface area contributed by atoms with E-state index in [2.05, 4.69) is 11.2 Å². The lowest BCUT2D eigenvalue weighted by molar-refractivity contribution is -0.143. The molecule has 2 unspecified atom stereocenters. The number of hydrogen-bond acceptors (Lipinski definition) is 3. The van der Waals surface area contributed by atoms with Crippen LogP contribution < -0.4 is 5.32 Å². The minimum absolute atomic E-state index is 0.00531. The molecule has 0 radical (unpaired) electrons. The molecule has 16 heavy (non-hydrogen) atoms. The van der Waals surface area contributed by atoms with Gasteiger partial charge in [-0.3, -0.25) is 4.79 Å². The molecule has 0 aromatic rings. The van der Waals surface area contributed by atoms with Crippen molar-refractivity contribution in [3.63, 3.8) is 0 Å². The van der Waals surface area contributed by atoms with Crippen molar-refractivity contribution in [1.82, 2.24) is 5.32 Å². The number of rotatable bonds is 4. The van der Waals surface area contributed by atoms with Crippen molar-refractivity contribution < 1.29 is 19.4 Å². The Bertz CT molecular complexity index is 302. The highest BCUT2D eigenvalue weighted by atomic mass is 16.5. The summed E-state index contributed by atoms with van der Waals surface area (Å²) in [5, 5.41) is 11.2. The Morgan fingerprint density at radius 3 is 2.88 bits per heavy atom. The molecule has 1 saturated heterocycles. The van der Waals surface area contributed by atoms with Crippen LogP contribution in [0.5, 0.6) is 0 Å². The van der Waals surface area contributed by atoms with Gasteiger partial charge in [-0.05, 0) is 12.8 Å². The van der Waals surface area contributed by atoms with E-state index >= 15 is 0 Å². The molecule has 1 aliphatic rings. The normalized spacial score (nSPS) is 21.8. The lowest BCUT2D eigenvalue weighted by Crippen LogP contribution is -2.45. The number of nitrogens with one attached hydrogen (secondary N) is 1. The molecule has 1 amide bonds. The van der Waals surface area contributed by atoms with Gasteiger partial charge in [-0.25, -0.2) is 4.79 Å². The summed E-state index contributed by atoms with van der Waals surface area (Å²) in [5.41, 5.74) is 0. The molecule has 0 aromatic heterocycles. The third-order valence-corrected chi connectivity index (χ3v) is 2.47. The van der Waals surface area contributed by atoms with Crippen LogP contribution in [-0.2, 0) is 14.3 Å². The Balaban J connectivity index is 2.47. The fourth-order valence-electron chi connectivity index (χ4n) is 1.56. The van der Waals surface area contributed by atoms with Crippen molar-refractivity contribution in [3.8, 4) is 12.3 Å². The molecule has 5 nitrogen and oxygen atoms in total. The molecule has 0 bridgehead atoms. The molecule has 1 aliphatic heterocycles. The van der Waals surface area contributed by atoms with Crippen LogP contribution in [0.2, 0.25) is 0 Å². The number of carboxylic acids is 1. The van der Waals surface area contributed by atoms with Crippen molar-refractivity contribution in [2.75, 3.05) is 13.2 Å². The van der Waals surface area contributed by atoms with E-state index in [0.29, 0.717) is 13.2 Å². The predicted octanol–water partition coefficient (Wildman–Crippen LogP) is 0.00570. The Kier molecular flexibility index (Phi) is 4.80. The Morgan fingerprint density at radius 2 is 2.38 bits per heavy atom. The quantitative estimate of drug-likeness (QED) is 0.661. The van der Waals surface area contributed by atoms with Crippen molar-refractivity contribution in [2.45, 2.75) is 25.3 Å². The van der Waals surface area contributed by atoms with E-state index in [1.54, 1.807) is 0 Å². The number of amides is 1. The molecular formula is C11H15NO4. The fourth-order valence-corrected chi connectivity index (χ4v) is 1.56. The maximum absolute atomic E-state index is 11.7. The van der Waals surface area contributed by atoms with Crippen LogP contribution in [0.25, 0.3) is 0 Å². The van der Waals surface area contributed by atoms with Crippen LogP contribution in [0.3, 0.4) is 0 Å². The highest BCUT2D eigenvalue weighted by Crippen LogP contribution is 2.13. The first kappa shape index (κ1) is 12.5. The number of terminal acetylenes is 1. The van der Waals surface area contributed by atoms with Gasteiger partial charge in [-0.1, -0.05) is 0 Å². The van der Waals surface area contributed by atoms with Crippen LogP contribution in [0.4, 0.5) is 0 Å². The number of carbonyl (C=O) groups excluding carboxylic acids is 1. The third-order valence-electron chi connectivity index (χ3n) is 2.47. The molecule has 5 heteroatoms. The van der Waals surface area contributed by atoms with E-state index in [0.717, 1.165) is 12.8 Å². The zero-order chi connectivity index (χ0) is 12.0. The molecule has 88 valence electrons. The van der Waals surface area contributed by atoms with E-state index in [1.807, 2.05) is 0 Å². The van der Waals surface area contributed by atoms with Gasteiger partial charge in [-0.15, -0.1) is 12.3 Å². The lowest BCUT2D eigenvalue weighted by atomic mass is 10.0. The van der Waals surface area contributed by atoms with E-state index in [-0.39, 0.29) is 18.2 Å². The summed E-state index contributed by atoms with van der Waals surface area (Å²) in [5.74, 6) is 0.577. The highest BCUT2D eigenvalue weighted by molar-refractivity contribution is 5.85. The first-order chi connectivity index (χ1) is 7.65. The summed E-state index contributed by atoms with van der Waals surface area (Å²) in [6.45, 7) is 1.02. The second kappa shape index (κ2) is 6.13. The van der Waals surface area contributed by atoms with Crippen LogP contribution in [0.1, 0.15) is 19.3 Å². The van der Waals surface area contributed by atoms with Crippen LogP contribution >= 0.6 is 0 Å². The average molecular weight is 225 g/mol. The number of hydrogen-bond donors (Lipinski definition) is 2. The summed E-state index contributed by atoms with van der Waals surface area (Å²) in [7, 11) is 0. The number of carboxylic acid groups (broad SMARTS) is 1. The molecule has 1 heterocycles. The van der Waals surface area contributed by atoms with Crippen LogP contribution in [0.15, 0.2) is 0 Å². The van der Waals surface area contributed by atoms with E-state index in [9.17, 15) is 9.59 Å². The average Bonchev–Trinajstić information content (AvgIpc) is 2.29. The van der Waals surface area contributed by atoms with E-state index < -0.39 is 12.0 Å². The van der Waals surface area contributed by atoms with E-state index in [1.165, 1.54) is 0 Å². The molecule has 0 spiro atoms. The van der Waals surface area contributed by atoms with Gasteiger partial charge in [0.05, 0.1) is 12.5 Å². The Labute approximate surface area is 94.2 Å². The van der Waals surface area contributed by atoms with Crippen LogP contribution in [-0.4, -0.2) is 36.2 Å². The molecule has 1 fully saturated rings. The first-order valence-corrected chi connectivity index (χ1v) is 5.19. The number of ether oxygens (including phenoxy) is 1. The zero-order valence-electron chi connectivity index (χ0n) is 8.94.